The van der Waals surface area contributed by atoms with Crippen molar-refractivity contribution >= 4 is 56.5 Å². The van der Waals surface area contributed by atoms with Crippen molar-refractivity contribution in [2.45, 2.75) is 0 Å². The molecule has 6 aromatic rings. The van der Waals surface area contributed by atoms with Gasteiger partial charge in [0.05, 0.1) is 33.6 Å². The third-order valence-corrected chi connectivity index (χ3v) is 8.09. The number of hydrogen-bond acceptors (Lipinski definition) is 4. The molecule has 8 rings (SSSR count). The van der Waals surface area contributed by atoms with Crippen LogP contribution in [0.1, 0.15) is 41.4 Å². The molecular formula is C36H20N2O4. The molecule has 0 saturated heterocycles. The van der Waals surface area contributed by atoms with Crippen LogP contribution < -0.4 is 9.80 Å². The molecule has 198 valence electrons. The summed E-state index contributed by atoms with van der Waals surface area (Å²) in [5, 5.41) is 3.90. The van der Waals surface area contributed by atoms with Gasteiger partial charge in [-0.3, -0.25) is 19.2 Å². The standard InChI is InChI=1S/C36H20N2O4/c39-33-29-15-11-25(19-31(29)35(41)37(33)27-13-9-21-5-1-3-7-23(21)17-27)26-12-16-30-32(20-26)36(42)38(34(30)40)28-14-10-22-6-2-4-8-24(22)18-28/h1-20H. The summed E-state index contributed by atoms with van der Waals surface area (Å²) >= 11 is 0. The molecule has 0 radical (unpaired) electrons. The Morgan fingerprint density at radius 2 is 0.714 bits per heavy atom. The summed E-state index contributed by atoms with van der Waals surface area (Å²) in [5.41, 5.74) is 3.61. The Morgan fingerprint density at radius 1 is 0.333 bits per heavy atom. The Kier molecular flexibility index (Phi) is 5.03. The summed E-state index contributed by atoms with van der Waals surface area (Å²) in [7, 11) is 0. The molecular weight excluding hydrogens is 524 g/mol. The second kappa shape index (κ2) is 8.81. The molecule has 4 amide bonds. The lowest BCUT2D eigenvalue weighted by Gasteiger charge is -2.14. The Hall–Kier alpha value is -5.88. The maximum absolute atomic E-state index is 13.5. The number of hydrogen-bond donors (Lipinski definition) is 0. The molecule has 42 heavy (non-hydrogen) atoms. The SMILES string of the molecule is O=C1c2ccc(-c3ccc4c(c3)C(=O)N(c3ccc5ccccc5c3)C4=O)cc2C(=O)N1c1ccc2ccccc2c1. The van der Waals surface area contributed by atoms with Gasteiger partial charge in [-0.25, -0.2) is 9.80 Å². The Bertz CT molecular complexity index is 2040. The Labute approximate surface area is 240 Å². The number of benzene rings is 6. The average molecular weight is 545 g/mol. The minimum atomic E-state index is -0.401. The fourth-order valence-corrected chi connectivity index (χ4v) is 5.94. The molecule has 2 aliphatic heterocycles. The lowest BCUT2D eigenvalue weighted by Crippen LogP contribution is -2.29. The predicted octanol–water partition coefficient (Wildman–Crippen LogP) is 7.26. The number of carbonyl (C=O) groups is 4. The van der Waals surface area contributed by atoms with E-state index in [1.54, 1.807) is 48.5 Å². The van der Waals surface area contributed by atoms with Gasteiger partial charge in [0, 0.05) is 0 Å². The van der Waals surface area contributed by atoms with Crippen molar-refractivity contribution in [1.82, 2.24) is 0 Å². The molecule has 0 aromatic heterocycles. The van der Waals surface area contributed by atoms with Crippen LogP contribution in [0.15, 0.2) is 121 Å². The minimum absolute atomic E-state index is 0.298. The van der Waals surface area contributed by atoms with Gasteiger partial charge in [-0.15, -0.1) is 0 Å². The molecule has 2 heterocycles. The first kappa shape index (κ1) is 24.0. The van der Waals surface area contributed by atoms with Crippen LogP contribution in [0, 0.1) is 0 Å². The predicted molar refractivity (Wildman–Crippen MR) is 162 cm³/mol. The molecule has 0 fully saturated rings. The van der Waals surface area contributed by atoms with Crippen molar-refractivity contribution in [3.63, 3.8) is 0 Å². The molecule has 6 heteroatoms. The number of carbonyl (C=O) groups excluding carboxylic acids is 4. The zero-order valence-corrected chi connectivity index (χ0v) is 22.1. The van der Waals surface area contributed by atoms with Crippen molar-refractivity contribution in [3.8, 4) is 11.1 Å². The summed E-state index contributed by atoms with van der Waals surface area (Å²) < 4.78 is 0. The normalized spacial score (nSPS) is 14.3. The Morgan fingerprint density at radius 3 is 1.14 bits per heavy atom. The Balaban J connectivity index is 1.13. The van der Waals surface area contributed by atoms with Gasteiger partial charge < -0.3 is 0 Å². The fourth-order valence-electron chi connectivity index (χ4n) is 5.94. The largest absolute Gasteiger partial charge is 0.268 e. The molecule has 0 saturated carbocycles. The third-order valence-electron chi connectivity index (χ3n) is 8.09. The van der Waals surface area contributed by atoms with E-state index < -0.39 is 11.8 Å². The molecule has 0 bridgehead atoms. The molecule has 0 aliphatic carbocycles. The number of rotatable bonds is 3. The van der Waals surface area contributed by atoms with Gasteiger partial charge in [-0.05, 0) is 81.2 Å². The van der Waals surface area contributed by atoms with Crippen molar-refractivity contribution in [1.29, 1.82) is 0 Å². The highest BCUT2D eigenvalue weighted by molar-refractivity contribution is 6.36. The summed E-state index contributed by atoms with van der Waals surface area (Å²) in [6, 6.07) is 36.7. The van der Waals surface area contributed by atoms with E-state index in [1.807, 2.05) is 72.8 Å². The minimum Gasteiger partial charge on any atom is -0.268 e. The smallest absolute Gasteiger partial charge is 0.266 e. The number of anilines is 2. The molecule has 6 aromatic carbocycles. The number of amides is 4. The first-order valence-electron chi connectivity index (χ1n) is 13.5. The van der Waals surface area contributed by atoms with Crippen LogP contribution in [-0.2, 0) is 0 Å². The number of nitrogens with zero attached hydrogens (tertiary/aromatic N) is 2. The molecule has 0 atom stereocenters. The lowest BCUT2D eigenvalue weighted by atomic mass is 9.97. The van der Waals surface area contributed by atoms with Crippen molar-refractivity contribution in [2.24, 2.45) is 0 Å². The first-order valence-corrected chi connectivity index (χ1v) is 13.5. The summed E-state index contributed by atoms with van der Waals surface area (Å²) in [6.45, 7) is 0. The highest BCUT2D eigenvalue weighted by atomic mass is 16.2. The number of imide groups is 2. The van der Waals surface area contributed by atoms with E-state index in [2.05, 4.69) is 0 Å². The average Bonchev–Trinajstić information content (AvgIpc) is 3.43. The zero-order valence-electron chi connectivity index (χ0n) is 22.1. The maximum Gasteiger partial charge on any atom is 0.266 e. The van der Waals surface area contributed by atoms with Gasteiger partial charge in [-0.2, -0.15) is 0 Å². The topological polar surface area (TPSA) is 74.8 Å². The van der Waals surface area contributed by atoms with E-state index >= 15 is 0 Å². The van der Waals surface area contributed by atoms with E-state index in [0.717, 1.165) is 21.5 Å². The van der Waals surface area contributed by atoms with E-state index in [4.69, 9.17) is 0 Å². The van der Waals surface area contributed by atoms with E-state index in [-0.39, 0.29) is 11.8 Å². The molecule has 2 aliphatic rings. The quantitative estimate of drug-likeness (QED) is 0.220. The summed E-state index contributed by atoms with van der Waals surface area (Å²) in [5.74, 6) is -1.56. The molecule has 0 N–H and O–H groups in total. The molecule has 0 spiro atoms. The van der Waals surface area contributed by atoms with E-state index in [9.17, 15) is 19.2 Å². The van der Waals surface area contributed by atoms with Gasteiger partial charge in [0.15, 0.2) is 0 Å². The lowest BCUT2D eigenvalue weighted by molar-refractivity contribution is 0.0910. The van der Waals surface area contributed by atoms with E-state index in [1.165, 1.54) is 9.80 Å². The van der Waals surface area contributed by atoms with Crippen molar-refractivity contribution in [2.75, 3.05) is 9.80 Å². The van der Waals surface area contributed by atoms with E-state index in [0.29, 0.717) is 44.8 Å². The maximum atomic E-state index is 13.5. The molecule has 6 nitrogen and oxygen atoms in total. The summed E-state index contributed by atoms with van der Waals surface area (Å²) in [4.78, 5) is 56.0. The monoisotopic (exact) mass is 544 g/mol. The summed E-state index contributed by atoms with van der Waals surface area (Å²) in [6.07, 6.45) is 0. The number of fused-ring (bicyclic) bond motifs is 4. The fraction of sp³-hybridized carbons (Fsp3) is 0. The van der Waals surface area contributed by atoms with Crippen LogP contribution in [0.3, 0.4) is 0 Å². The highest BCUT2D eigenvalue weighted by Gasteiger charge is 2.38. The van der Waals surface area contributed by atoms with Crippen LogP contribution >= 0.6 is 0 Å². The van der Waals surface area contributed by atoms with Crippen LogP contribution in [0.25, 0.3) is 32.7 Å². The highest BCUT2D eigenvalue weighted by Crippen LogP contribution is 2.36. The third kappa shape index (κ3) is 3.45. The van der Waals surface area contributed by atoms with Crippen LogP contribution in [0.2, 0.25) is 0 Å². The van der Waals surface area contributed by atoms with Gasteiger partial charge in [0.2, 0.25) is 0 Å². The second-order valence-corrected chi connectivity index (χ2v) is 10.5. The van der Waals surface area contributed by atoms with Crippen LogP contribution in [0.4, 0.5) is 11.4 Å². The van der Waals surface area contributed by atoms with Crippen molar-refractivity contribution in [3.05, 3.63) is 144 Å². The van der Waals surface area contributed by atoms with Crippen molar-refractivity contribution < 1.29 is 19.2 Å². The molecule has 0 unspecified atom stereocenters. The first-order chi connectivity index (χ1) is 20.5. The van der Waals surface area contributed by atoms with Gasteiger partial charge in [-0.1, -0.05) is 72.8 Å². The van der Waals surface area contributed by atoms with Gasteiger partial charge in [0.25, 0.3) is 23.6 Å². The van der Waals surface area contributed by atoms with Gasteiger partial charge >= 0.3 is 0 Å². The second-order valence-electron chi connectivity index (χ2n) is 10.5. The van der Waals surface area contributed by atoms with Gasteiger partial charge in [0.1, 0.15) is 0 Å². The zero-order chi connectivity index (χ0) is 28.5. The van der Waals surface area contributed by atoms with Crippen LogP contribution in [0.5, 0.6) is 0 Å². The van der Waals surface area contributed by atoms with Crippen LogP contribution in [-0.4, -0.2) is 23.6 Å².